The van der Waals surface area contributed by atoms with Gasteiger partial charge in [0.05, 0.1) is 17.0 Å². The summed E-state index contributed by atoms with van der Waals surface area (Å²) in [6.45, 7) is 0. The van der Waals surface area contributed by atoms with E-state index in [2.05, 4.69) is 0 Å². The van der Waals surface area contributed by atoms with Gasteiger partial charge in [-0.1, -0.05) is 19.3 Å². The van der Waals surface area contributed by atoms with E-state index in [-0.39, 0.29) is 30.3 Å². The topological polar surface area (TPSA) is 0 Å². The molecule has 0 aromatic rings. The van der Waals surface area contributed by atoms with Crippen molar-refractivity contribution < 1.29 is 22.4 Å². The Bertz CT molecular complexity index is 207. The fourth-order valence-electron chi connectivity index (χ4n) is 5.31. The molecule has 0 saturated heterocycles. The van der Waals surface area contributed by atoms with Gasteiger partial charge in [-0.25, -0.2) is 0 Å². The van der Waals surface area contributed by atoms with E-state index in [1.807, 2.05) is 0 Å². The molecular weight excluding hydrogens is 444 g/mol. The zero-order chi connectivity index (χ0) is 12.9. The molecule has 2 heteroatoms. The summed E-state index contributed by atoms with van der Waals surface area (Å²) in [5, 5.41) is 0. The van der Waals surface area contributed by atoms with E-state index in [1.54, 1.807) is 96.3 Å². The summed E-state index contributed by atoms with van der Waals surface area (Å²) in [5.74, 6) is 0. The van der Waals surface area contributed by atoms with Crippen molar-refractivity contribution in [2.45, 2.75) is 113 Å². The van der Waals surface area contributed by atoms with Crippen LogP contribution in [0.2, 0.25) is 0 Å². The van der Waals surface area contributed by atoms with Gasteiger partial charge in [0.15, 0.2) is 0 Å². The van der Waals surface area contributed by atoms with Crippen LogP contribution in [0.25, 0.3) is 0 Å². The van der Waals surface area contributed by atoms with Gasteiger partial charge >= 0.3 is 0 Å². The SMILES string of the molecule is C1CCC([PH+](C2CCCCC2)C2CCCCC2)CC1.[Au]. The van der Waals surface area contributed by atoms with Gasteiger partial charge in [0, 0.05) is 30.3 Å². The van der Waals surface area contributed by atoms with Crippen LogP contribution in [-0.2, 0) is 22.4 Å². The molecule has 0 N–H and O–H groups in total. The summed E-state index contributed by atoms with van der Waals surface area (Å²) in [6.07, 6.45) is 23.8. The van der Waals surface area contributed by atoms with E-state index in [1.165, 1.54) is 17.0 Å². The Morgan fingerprint density at radius 1 is 0.400 bits per heavy atom. The first-order valence-electron chi connectivity index (χ1n) is 9.32. The first-order valence-corrected chi connectivity index (χ1v) is 11.0. The van der Waals surface area contributed by atoms with E-state index >= 15 is 0 Å². The van der Waals surface area contributed by atoms with E-state index in [4.69, 9.17) is 0 Å². The van der Waals surface area contributed by atoms with Crippen molar-refractivity contribution in [1.29, 1.82) is 0 Å². The van der Waals surface area contributed by atoms with Crippen LogP contribution in [0.5, 0.6) is 0 Å². The Morgan fingerprint density at radius 2 is 0.650 bits per heavy atom. The van der Waals surface area contributed by atoms with Crippen molar-refractivity contribution in [1.82, 2.24) is 0 Å². The van der Waals surface area contributed by atoms with Gasteiger partial charge in [-0.15, -0.1) is 0 Å². The molecule has 0 unspecified atom stereocenters. The minimum Gasteiger partial charge on any atom is -0.0530 e. The minimum atomic E-state index is -0.0465. The van der Waals surface area contributed by atoms with Crippen LogP contribution in [0.3, 0.4) is 0 Å². The summed E-state index contributed by atoms with van der Waals surface area (Å²) >= 11 is 0. The molecule has 0 spiro atoms. The fraction of sp³-hybridized carbons (Fsp3) is 1.00. The number of hydrogen-bond acceptors (Lipinski definition) is 0. The number of hydrogen-bond donors (Lipinski definition) is 0. The Balaban J connectivity index is 0.00000147. The summed E-state index contributed by atoms with van der Waals surface area (Å²) in [6, 6.07) is 0. The van der Waals surface area contributed by atoms with Gasteiger partial charge < -0.3 is 0 Å². The molecule has 0 atom stereocenters. The summed E-state index contributed by atoms with van der Waals surface area (Å²) in [7, 11) is -0.0465. The Labute approximate surface area is 143 Å². The van der Waals surface area contributed by atoms with Crippen LogP contribution in [0.4, 0.5) is 0 Å². The van der Waals surface area contributed by atoms with Gasteiger partial charge in [-0.05, 0) is 77.0 Å². The first-order chi connectivity index (χ1) is 9.45. The van der Waals surface area contributed by atoms with Crippen LogP contribution in [0, 0.1) is 0 Å². The summed E-state index contributed by atoms with van der Waals surface area (Å²) < 4.78 is 0. The van der Waals surface area contributed by atoms with Gasteiger partial charge in [0.25, 0.3) is 0 Å². The molecule has 0 amide bonds. The van der Waals surface area contributed by atoms with E-state index in [0.717, 1.165) is 0 Å². The summed E-state index contributed by atoms with van der Waals surface area (Å²) in [5.41, 5.74) is 3.68. The van der Waals surface area contributed by atoms with E-state index in [0.29, 0.717) is 0 Å². The van der Waals surface area contributed by atoms with Gasteiger partial charge in [-0.3, -0.25) is 0 Å². The fourth-order valence-corrected chi connectivity index (χ4v) is 10.5. The van der Waals surface area contributed by atoms with E-state index in [9.17, 15) is 0 Å². The molecule has 1 radical (unpaired) electrons. The molecule has 0 aromatic carbocycles. The second-order valence-corrected chi connectivity index (χ2v) is 11.0. The van der Waals surface area contributed by atoms with Crippen molar-refractivity contribution in [2.75, 3.05) is 0 Å². The van der Waals surface area contributed by atoms with Crippen LogP contribution in [0.15, 0.2) is 0 Å². The molecule has 0 aliphatic heterocycles. The largest absolute Gasteiger partial charge is 0.0680 e. The molecule has 3 aliphatic carbocycles. The quantitative estimate of drug-likeness (QED) is 0.335. The van der Waals surface area contributed by atoms with Crippen LogP contribution < -0.4 is 0 Å². The van der Waals surface area contributed by atoms with Gasteiger partial charge in [0.1, 0.15) is 0 Å². The monoisotopic (exact) mass is 478 g/mol. The standard InChI is InChI=1S/C18H33P.Au/c1-4-10-16(11-5-1)19(17-12-6-2-7-13-17)18-14-8-3-9-15-18;/h16-18H,1-15H2;/p+1. The van der Waals surface area contributed by atoms with Crippen molar-refractivity contribution in [2.24, 2.45) is 0 Å². The third-order valence-electron chi connectivity index (χ3n) is 6.23. The number of rotatable bonds is 3. The normalized spacial score (nSPS) is 27.4. The second-order valence-electron chi connectivity index (χ2n) is 7.50. The average Bonchev–Trinajstić information content (AvgIpc) is 2.51. The molecule has 0 nitrogen and oxygen atoms in total. The second kappa shape index (κ2) is 9.34. The molecule has 20 heavy (non-hydrogen) atoms. The van der Waals surface area contributed by atoms with E-state index < -0.39 is 0 Å². The maximum atomic E-state index is 1.63. The Hall–Kier alpha value is 1.17. The van der Waals surface area contributed by atoms with Crippen LogP contribution >= 0.6 is 7.92 Å². The predicted molar refractivity (Wildman–Crippen MR) is 88.9 cm³/mol. The molecule has 0 bridgehead atoms. The van der Waals surface area contributed by atoms with Crippen molar-refractivity contribution in [3.8, 4) is 0 Å². The molecule has 3 fully saturated rings. The average molecular weight is 478 g/mol. The molecule has 0 heterocycles. The zero-order valence-electron chi connectivity index (χ0n) is 13.1. The summed E-state index contributed by atoms with van der Waals surface area (Å²) in [4.78, 5) is 0. The predicted octanol–water partition coefficient (Wildman–Crippen LogP) is 6.20. The molecular formula is C18H34AuP+. The van der Waals surface area contributed by atoms with Crippen molar-refractivity contribution >= 4 is 7.92 Å². The van der Waals surface area contributed by atoms with Gasteiger partial charge in [-0.2, -0.15) is 0 Å². The third-order valence-corrected chi connectivity index (χ3v) is 10.8. The van der Waals surface area contributed by atoms with Gasteiger partial charge in [0.2, 0.25) is 0 Å². The van der Waals surface area contributed by atoms with Crippen molar-refractivity contribution in [3.05, 3.63) is 0 Å². The molecule has 121 valence electrons. The van der Waals surface area contributed by atoms with Crippen molar-refractivity contribution in [3.63, 3.8) is 0 Å². The van der Waals surface area contributed by atoms with Crippen LogP contribution in [-0.4, -0.2) is 17.0 Å². The Morgan fingerprint density at radius 3 is 0.900 bits per heavy atom. The van der Waals surface area contributed by atoms with Crippen LogP contribution in [0.1, 0.15) is 96.3 Å². The smallest absolute Gasteiger partial charge is 0.0530 e. The zero-order valence-corrected chi connectivity index (χ0v) is 16.3. The first kappa shape index (κ1) is 17.5. The molecule has 3 saturated carbocycles. The maximum absolute atomic E-state index is 1.63. The third kappa shape index (κ3) is 4.58. The maximum Gasteiger partial charge on any atom is 0.0680 e. The molecule has 0 aromatic heterocycles. The molecule has 3 rings (SSSR count). The Kier molecular flexibility index (Phi) is 8.18. The minimum absolute atomic E-state index is 0. The molecule has 3 aliphatic rings.